The van der Waals surface area contributed by atoms with E-state index in [1.165, 1.54) is 0 Å². The van der Waals surface area contributed by atoms with Crippen molar-refractivity contribution in [3.63, 3.8) is 0 Å². The second-order valence-corrected chi connectivity index (χ2v) is 3.50. The standard InChI is InChI=1S/C12H15NO3/c1-2-3-9-4-5-11(10(6-9)7-14)16-8-12(13)15/h4-7H,2-3,8H2,1H3,(H2,13,15). The Balaban J connectivity index is 2.84. The molecule has 86 valence electrons. The summed E-state index contributed by atoms with van der Waals surface area (Å²) in [5, 5.41) is 0. The fourth-order valence-electron chi connectivity index (χ4n) is 1.41. The third-order valence-electron chi connectivity index (χ3n) is 2.11. The summed E-state index contributed by atoms with van der Waals surface area (Å²) < 4.78 is 5.12. The molecule has 4 nitrogen and oxygen atoms in total. The van der Waals surface area contributed by atoms with Gasteiger partial charge >= 0.3 is 0 Å². The predicted molar refractivity (Wildman–Crippen MR) is 60.5 cm³/mol. The van der Waals surface area contributed by atoms with Crippen LogP contribution >= 0.6 is 0 Å². The molecule has 1 aromatic rings. The lowest BCUT2D eigenvalue weighted by Crippen LogP contribution is -2.20. The normalized spacial score (nSPS) is 9.81. The largest absolute Gasteiger partial charge is 0.483 e. The number of carbonyl (C=O) groups excluding carboxylic acids is 2. The molecule has 0 heterocycles. The summed E-state index contributed by atoms with van der Waals surface area (Å²) >= 11 is 0. The topological polar surface area (TPSA) is 69.4 Å². The highest BCUT2D eigenvalue weighted by atomic mass is 16.5. The van der Waals surface area contributed by atoms with Gasteiger partial charge in [0.1, 0.15) is 5.75 Å². The summed E-state index contributed by atoms with van der Waals surface area (Å²) in [5.74, 6) is -0.164. The summed E-state index contributed by atoms with van der Waals surface area (Å²) in [6, 6.07) is 5.34. The molecule has 2 N–H and O–H groups in total. The van der Waals surface area contributed by atoms with Gasteiger partial charge in [0.25, 0.3) is 5.91 Å². The first-order chi connectivity index (χ1) is 7.67. The number of hydrogen-bond donors (Lipinski definition) is 1. The zero-order valence-corrected chi connectivity index (χ0v) is 9.23. The van der Waals surface area contributed by atoms with Gasteiger partial charge in [0.2, 0.25) is 0 Å². The Labute approximate surface area is 94.4 Å². The SMILES string of the molecule is CCCc1ccc(OCC(N)=O)c(C=O)c1. The van der Waals surface area contributed by atoms with Crippen molar-refractivity contribution < 1.29 is 14.3 Å². The monoisotopic (exact) mass is 221 g/mol. The Morgan fingerprint density at radius 2 is 2.25 bits per heavy atom. The second-order valence-electron chi connectivity index (χ2n) is 3.50. The number of benzene rings is 1. The molecular formula is C12H15NO3. The number of amides is 1. The molecule has 0 saturated heterocycles. The summed E-state index contributed by atoms with van der Waals surface area (Å²) in [5.41, 5.74) is 6.49. The molecule has 16 heavy (non-hydrogen) atoms. The first kappa shape index (κ1) is 12.2. The Kier molecular flexibility index (Phi) is 4.51. The molecule has 4 heteroatoms. The Morgan fingerprint density at radius 3 is 2.81 bits per heavy atom. The molecular weight excluding hydrogens is 206 g/mol. The van der Waals surface area contributed by atoms with Crippen LogP contribution in [0.5, 0.6) is 5.75 Å². The Morgan fingerprint density at radius 1 is 1.50 bits per heavy atom. The van der Waals surface area contributed by atoms with Gasteiger partial charge in [-0.15, -0.1) is 0 Å². The molecule has 0 radical (unpaired) electrons. The molecule has 0 saturated carbocycles. The zero-order chi connectivity index (χ0) is 12.0. The smallest absolute Gasteiger partial charge is 0.255 e. The first-order valence-electron chi connectivity index (χ1n) is 5.16. The number of primary amides is 1. The van der Waals surface area contributed by atoms with Crippen LogP contribution in [0.3, 0.4) is 0 Å². The lowest BCUT2D eigenvalue weighted by molar-refractivity contribution is -0.119. The number of carbonyl (C=O) groups is 2. The van der Waals surface area contributed by atoms with Crippen LogP contribution in [-0.4, -0.2) is 18.8 Å². The summed E-state index contributed by atoms with van der Waals surface area (Å²) in [7, 11) is 0. The van der Waals surface area contributed by atoms with E-state index in [1.54, 1.807) is 12.1 Å². The van der Waals surface area contributed by atoms with Crippen molar-refractivity contribution in [1.82, 2.24) is 0 Å². The maximum Gasteiger partial charge on any atom is 0.255 e. The minimum Gasteiger partial charge on any atom is -0.483 e. The molecule has 0 aromatic heterocycles. The lowest BCUT2D eigenvalue weighted by atomic mass is 10.1. The first-order valence-corrected chi connectivity index (χ1v) is 5.16. The van der Waals surface area contributed by atoms with E-state index in [9.17, 15) is 9.59 Å². The molecule has 1 aromatic carbocycles. The number of nitrogens with two attached hydrogens (primary N) is 1. The fourth-order valence-corrected chi connectivity index (χ4v) is 1.41. The number of aldehydes is 1. The van der Waals surface area contributed by atoms with Crippen LogP contribution in [0.2, 0.25) is 0 Å². The van der Waals surface area contributed by atoms with Crippen molar-refractivity contribution in [3.05, 3.63) is 29.3 Å². The van der Waals surface area contributed by atoms with Gasteiger partial charge in [-0.2, -0.15) is 0 Å². The molecule has 0 spiro atoms. The lowest BCUT2D eigenvalue weighted by Gasteiger charge is -2.08. The van der Waals surface area contributed by atoms with Crippen LogP contribution in [0.4, 0.5) is 0 Å². The van der Waals surface area contributed by atoms with Gasteiger partial charge in [-0.05, 0) is 24.1 Å². The van der Waals surface area contributed by atoms with Crippen LogP contribution in [0.25, 0.3) is 0 Å². The minimum atomic E-state index is -0.561. The van der Waals surface area contributed by atoms with Gasteiger partial charge in [0.15, 0.2) is 12.9 Å². The van der Waals surface area contributed by atoms with Crippen molar-refractivity contribution in [3.8, 4) is 5.75 Å². The number of rotatable bonds is 6. The molecule has 1 amide bonds. The number of hydrogen-bond acceptors (Lipinski definition) is 3. The molecule has 1 rings (SSSR count). The molecule has 0 bridgehead atoms. The molecule has 0 aliphatic heterocycles. The molecule has 0 atom stereocenters. The van der Waals surface area contributed by atoms with Crippen molar-refractivity contribution in [2.24, 2.45) is 5.73 Å². The quantitative estimate of drug-likeness (QED) is 0.736. The Hall–Kier alpha value is -1.84. The predicted octanol–water partition coefficient (Wildman–Crippen LogP) is 1.32. The highest BCUT2D eigenvalue weighted by Gasteiger charge is 2.05. The van der Waals surface area contributed by atoms with E-state index >= 15 is 0 Å². The average Bonchev–Trinajstić information content (AvgIpc) is 2.27. The Bertz CT molecular complexity index is 388. The van der Waals surface area contributed by atoms with E-state index in [0.717, 1.165) is 24.7 Å². The maximum atomic E-state index is 10.8. The van der Waals surface area contributed by atoms with Gasteiger partial charge in [0.05, 0.1) is 5.56 Å². The summed E-state index contributed by atoms with van der Waals surface area (Å²) in [6.07, 6.45) is 2.65. The van der Waals surface area contributed by atoms with Crippen LogP contribution in [0.15, 0.2) is 18.2 Å². The highest BCUT2D eigenvalue weighted by molar-refractivity contribution is 5.80. The average molecular weight is 221 g/mol. The van der Waals surface area contributed by atoms with Crippen LogP contribution in [-0.2, 0) is 11.2 Å². The minimum absolute atomic E-state index is 0.214. The van der Waals surface area contributed by atoms with Crippen molar-refractivity contribution in [2.75, 3.05) is 6.61 Å². The van der Waals surface area contributed by atoms with Crippen molar-refractivity contribution >= 4 is 12.2 Å². The number of ether oxygens (including phenoxy) is 1. The van der Waals surface area contributed by atoms with Crippen molar-refractivity contribution in [1.29, 1.82) is 0 Å². The maximum absolute atomic E-state index is 10.8. The highest BCUT2D eigenvalue weighted by Crippen LogP contribution is 2.19. The van der Waals surface area contributed by atoms with E-state index in [1.807, 2.05) is 6.07 Å². The zero-order valence-electron chi connectivity index (χ0n) is 9.23. The molecule has 0 aliphatic rings. The van der Waals surface area contributed by atoms with Crippen LogP contribution in [0, 0.1) is 0 Å². The van der Waals surface area contributed by atoms with Crippen LogP contribution < -0.4 is 10.5 Å². The molecule has 0 unspecified atom stereocenters. The molecule has 0 aliphatic carbocycles. The summed E-state index contributed by atoms with van der Waals surface area (Å²) in [4.78, 5) is 21.4. The third kappa shape index (κ3) is 3.38. The van der Waals surface area contributed by atoms with Gasteiger partial charge in [0, 0.05) is 0 Å². The van der Waals surface area contributed by atoms with E-state index in [0.29, 0.717) is 11.3 Å². The van der Waals surface area contributed by atoms with E-state index in [-0.39, 0.29) is 6.61 Å². The van der Waals surface area contributed by atoms with Gasteiger partial charge in [-0.1, -0.05) is 19.4 Å². The van der Waals surface area contributed by atoms with Crippen molar-refractivity contribution in [2.45, 2.75) is 19.8 Å². The van der Waals surface area contributed by atoms with Gasteiger partial charge in [-0.3, -0.25) is 9.59 Å². The summed E-state index contributed by atoms with van der Waals surface area (Å²) in [6.45, 7) is 1.85. The third-order valence-corrected chi connectivity index (χ3v) is 2.11. The second kappa shape index (κ2) is 5.90. The molecule has 0 fully saturated rings. The van der Waals surface area contributed by atoms with Crippen LogP contribution in [0.1, 0.15) is 29.3 Å². The fraction of sp³-hybridized carbons (Fsp3) is 0.333. The van der Waals surface area contributed by atoms with E-state index in [2.05, 4.69) is 6.92 Å². The van der Waals surface area contributed by atoms with Gasteiger partial charge in [-0.25, -0.2) is 0 Å². The van der Waals surface area contributed by atoms with E-state index in [4.69, 9.17) is 10.5 Å². The van der Waals surface area contributed by atoms with E-state index < -0.39 is 5.91 Å². The van der Waals surface area contributed by atoms with Gasteiger partial charge < -0.3 is 10.5 Å². The number of aryl methyl sites for hydroxylation is 1.